The zero-order valence-electron chi connectivity index (χ0n) is 7.94. The van der Waals surface area contributed by atoms with Gasteiger partial charge in [-0.25, -0.2) is 4.79 Å². The van der Waals surface area contributed by atoms with E-state index in [2.05, 4.69) is 4.74 Å². The Balaban J connectivity index is 4.60. The predicted octanol–water partition coefficient (Wildman–Crippen LogP) is -0.348. The van der Waals surface area contributed by atoms with Gasteiger partial charge in [-0.15, -0.1) is 0 Å². The quantitative estimate of drug-likeness (QED) is 0.441. The monoisotopic (exact) mass is 182 g/mol. The van der Waals surface area contributed by atoms with Gasteiger partial charge < -0.3 is 4.74 Å². The SMILES string of the molecule is COC(C#N)C(=O)[N+](C)(C)CC#N. The highest BCUT2D eigenvalue weighted by Crippen LogP contribution is 2.03. The zero-order chi connectivity index (χ0) is 10.5. The van der Waals surface area contributed by atoms with Crippen molar-refractivity contribution in [1.29, 1.82) is 10.5 Å². The van der Waals surface area contributed by atoms with E-state index in [1.807, 2.05) is 6.07 Å². The van der Waals surface area contributed by atoms with E-state index in [1.165, 1.54) is 7.11 Å². The molecule has 0 rings (SSSR count). The second-order valence-electron chi connectivity index (χ2n) is 3.08. The summed E-state index contributed by atoms with van der Waals surface area (Å²) in [5, 5.41) is 17.0. The van der Waals surface area contributed by atoms with Crippen LogP contribution in [0, 0.1) is 22.7 Å². The molecule has 5 heteroatoms. The maximum absolute atomic E-state index is 11.5. The average Bonchev–Trinajstić information content (AvgIpc) is 2.06. The van der Waals surface area contributed by atoms with Crippen LogP contribution in [0.1, 0.15) is 0 Å². The van der Waals surface area contributed by atoms with Crippen molar-refractivity contribution in [2.45, 2.75) is 6.10 Å². The van der Waals surface area contributed by atoms with E-state index in [-0.39, 0.29) is 11.0 Å². The molecule has 0 fully saturated rings. The van der Waals surface area contributed by atoms with Gasteiger partial charge in [0.15, 0.2) is 6.54 Å². The summed E-state index contributed by atoms with van der Waals surface area (Å²) >= 11 is 0. The Bertz CT molecular complexity index is 272. The molecule has 0 spiro atoms. The van der Waals surface area contributed by atoms with Crippen LogP contribution in [0.2, 0.25) is 0 Å². The first-order valence-corrected chi connectivity index (χ1v) is 3.66. The molecule has 5 nitrogen and oxygen atoms in total. The minimum Gasteiger partial charge on any atom is -0.354 e. The largest absolute Gasteiger partial charge is 0.357 e. The minimum absolute atomic E-state index is 0.0281. The van der Waals surface area contributed by atoms with Gasteiger partial charge in [0, 0.05) is 7.11 Å². The van der Waals surface area contributed by atoms with E-state index < -0.39 is 12.0 Å². The third-order valence-electron chi connectivity index (χ3n) is 1.64. The van der Waals surface area contributed by atoms with E-state index in [4.69, 9.17) is 10.5 Å². The fraction of sp³-hybridized carbons (Fsp3) is 0.625. The summed E-state index contributed by atoms with van der Waals surface area (Å²) in [6.07, 6.45) is -1.09. The van der Waals surface area contributed by atoms with Crippen LogP contribution in [-0.4, -0.2) is 44.2 Å². The number of likely N-dealkylation sites (N-methyl/N-ethyl adjacent to an activating group) is 1. The second kappa shape index (κ2) is 4.56. The summed E-state index contributed by atoms with van der Waals surface area (Å²) < 4.78 is 4.49. The van der Waals surface area contributed by atoms with Crippen LogP contribution in [0.15, 0.2) is 0 Å². The first kappa shape index (κ1) is 11.6. The number of amides is 1. The third-order valence-corrected chi connectivity index (χ3v) is 1.64. The molecule has 1 atom stereocenters. The number of ether oxygens (including phenoxy) is 1. The van der Waals surface area contributed by atoms with Crippen molar-refractivity contribution in [3.8, 4) is 12.1 Å². The number of hydrogen-bond acceptors (Lipinski definition) is 4. The third kappa shape index (κ3) is 2.83. The van der Waals surface area contributed by atoms with Crippen LogP contribution in [0.4, 0.5) is 0 Å². The maximum Gasteiger partial charge on any atom is 0.357 e. The second-order valence-corrected chi connectivity index (χ2v) is 3.08. The number of nitrogens with zero attached hydrogens (tertiary/aromatic N) is 3. The van der Waals surface area contributed by atoms with Crippen LogP contribution in [-0.2, 0) is 9.53 Å². The van der Waals surface area contributed by atoms with Gasteiger partial charge in [0.05, 0.1) is 14.1 Å². The Labute approximate surface area is 77.3 Å². The highest BCUT2D eigenvalue weighted by Gasteiger charge is 2.34. The van der Waals surface area contributed by atoms with E-state index in [1.54, 1.807) is 20.2 Å². The topological polar surface area (TPSA) is 73.9 Å². The van der Waals surface area contributed by atoms with Gasteiger partial charge in [-0.3, -0.25) is 4.48 Å². The molecule has 0 bridgehead atoms. The van der Waals surface area contributed by atoms with Gasteiger partial charge in [0.2, 0.25) is 0 Å². The van der Waals surface area contributed by atoms with Crippen LogP contribution >= 0.6 is 0 Å². The molecule has 13 heavy (non-hydrogen) atoms. The van der Waals surface area contributed by atoms with Gasteiger partial charge in [-0.2, -0.15) is 10.5 Å². The maximum atomic E-state index is 11.5. The first-order valence-electron chi connectivity index (χ1n) is 3.66. The van der Waals surface area contributed by atoms with Crippen molar-refractivity contribution in [3.63, 3.8) is 0 Å². The van der Waals surface area contributed by atoms with E-state index in [0.717, 1.165) is 0 Å². The van der Waals surface area contributed by atoms with E-state index >= 15 is 0 Å². The van der Waals surface area contributed by atoms with Crippen molar-refractivity contribution in [2.75, 3.05) is 27.7 Å². The molecule has 0 aliphatic carbocycles. The van der Waals surface area contributed by atoms with Crippen molar-refractivity contribution in [1.82, 2.24) is 0 Å². The number of carbonyl (C=O) groups is 1. The first-order chi connectivity index (χ1) is 5.99. The smallest absolute Gasteiger partial charge is 0.354 e. The average molecular weight is 182 g/mol. The molecule has 70 valence electrons. The molecule has 0 aromatic carbocycles. The summed E-state index contributed by atoms with van der Waals surface area (Å²) in [6.45, 7) is 0.0281. The summed E-state index contributed by atoms with van der Waals surface area (Å²) in [5.41, 5.74) is 0. The summed E-state index contributed by atoms with van der Waals surface area (Å²) in [5.74, 6) is -0.411. The summed E-state index contributed by atoms with van der Waals surface area (Å²) in [4.78, 5) is 11.5. The molecule has 0 aromatic heterocycles. The van der Waals surface area contributed by atoms with Crippen LogP contribution in [0.5, 0.6) is 0 Å². The number of quaternary nitrogens is 1. The highest BCUT2D eigenvalue weighted by molar-refractivity contribution is 5.77. The summed E-state index contributed by atoms with van der Waals surface area (Å²) in [7, 11) is 4.42. The molecule has 0 radical (unpaired) electrons. The Morgan fingerprint density at radius 2 is 2.08 bits per heavy atom. The van der Waals surface area contributed by atoms with Crippen molar-refractivity contribution >= 4 is 5.91 Å². The van der Waals surface area contributed by atoms with Gasteiger partial charge in [0.25, 0.3) is 6.10 Å². The molecule has 0 aromatic rings. The highest BCUT2D eigenvalue weighted by atomic mass is 16.5. The number of methoxy groups -OCH3 is 1. The van der Waals surface area contributed by atoms with Crippen LogP contribution in [0.3, 0.4) is 0 Å². The van der Waals surface area contributed by atoms with Crippen LogP contribution in [0.25, 0.3) is 0 Å². The molecule has 0 aliphatic heterocycles. The standard InChI is InChI=1S/C8H12N3O2/c1-11(2,5-4-9)8(12)7(6-10)13-3/h7H,5H2,1-3H3/q+1. The lowest BCUT2D eigenvalue weighted by molar-refractivity contribution is -0.807. The number of hydrogen-bond donors (Lipinski definition) is 0. The van der Waals surface area contributed by atoms with Gasteiger partial charge in [-0.1, -0.05) is 0 Å². The molecular weight excluding hydrogens is 170 g/mol. The molecule has 0 aliphatic rings. The number of carbonyl (C=O) groups excluding carboxylic acids is 1. The fourth-order valence-electron chi connectivity index (χ4n) is 0.781. The Kier molecular flexibility index (Phi) is 4.06. The molecule has 1 amide bonds. The molecule has 0 saturated carbocycles. The molecular formula is C8H12N3O2+. The Hall–Kier alpha value is -1.43. The molecule has 0 saturated heterocycles. The Morgan fingerprint density at radius 1 is 1.54 bits per heavy atom. The number of rotatable bonds is 3. The van der Waals surface area contributed by atoms with E-state index in [9.17, 15) is 4.79 Å². The molecule has 1 unspecified atom stereocenters. The lowest BCUT2D eigenvalue weighted by Crippen LogP contribution is -2.51. The van der Waals surface area contributed by atoms with E-state index in [0.29, 0.717) is 0 Å². The number of nitriles is 2. The minimum atomic E-state index is -1.09. The lowest BCUT2D eigenvalue weighted by atomic mass is 10.3. The van der Waals surface area contributed by atoms with Crippen molar-refractivity contribution in [3.05, 3.63) is 0 Å². The predicted molar refractivity (Wildman–Crippen MR) is 44.0 cm³/mol. The van der Waals surface area contributed by atoms with Gasteiger partial charge in [0.1, 0.15) is 12.1 Å². The molecule has 0 heterocycles. The van der Waals surface area contributed by atoms with Gasteiger partial charge in [-0.05, 0) is 0 Å². The fourth-order valence-corrected chi connectivity index (χ4v) is 0.781. The summed E-state index contributed by atoms with van der Waals surface area (Å²) in [6, 6.07) is 3.60. The van der Waals surface area contributed by atoms with Gasteiger partial charge >= 0.3 is 5.91 Å². The van der Waals surface area contributed by atoms with Crippen molar-refractivity contribution in [2.24, 2.45) is 0 Å². The van der Waals surface area contributed by atoms with Crippen molar-refractivity contribution < 1.29 is 14.0 Å². The molecule has 0 N–H and O–H groups in total. The zero-order valence-corrected chi connectivity index (χ0v) is 7.94. The lowest BCUT2D eigenvalue weighted by Gasteiger charge is -2.24. The van der Waals surface area contributed by atoms with Crippen LogP contribution < -0.4 is 0 Å². The Morgan fingerprint density at radius 3 is 2.38 bits per heavy atom. The normalized spacial score (nSPS) is 12.7.